The topological polar surface area (TPSA) is 102 Å². The van der Waals surface area contributed by atoms with Crippen molar-refractivity contribution >= 4 is 38.7 Å². The number of nitrogens with zero attached hydrogens (tertiary/aromatic N) is 3. The van der Waals surface area contributed by atoms with E-state index in [0.717, 1.165) is 20.7 Å². The zero-order chi connectivity index (χ0) is 40.3. The minimum Gasteiger partial charge on any atom is -0.466 e. The number of ether oxygens (including phenoxy) is 3. The van der Waals surface area contributed by atoms with Crippen molar-refractivity contribution < 1.29 is 36.2 Å². The van der Waals surface area contributed by atoms with E-state index >= 15 is 8.78 Å². The van der Waals surface area contributed by atoms with Gasteiger partial charge < -0.3 is 14.2 Å². The number of fused-ring (bicyclic) bond motifs is 8. The molecule has 0 amide bonds. The number of aromatic nitrogens is 3. The Morgan fingerprint density at radius 1 is 1.00 bits per heavy atom. The Labute approximate surface area is 336 Å². The molecule has 3 heterocycles. The fraction of sp³-hybridized carbons (Fsp3) is 0.318. The standard InChI is InChI=1S/C44H45F2N3O6S2/c1-5-54-42(50)16-11-30-7-6-8-31(23-30)40-19-22-53-27-44(3,4)28-56-26-36-34-17-21-49(57(51,52)33-13-9-29(2)10-14-33)41(34)25-38(46)43(36)55-32-12-15-37(45)35(24-32)39-18-20-48(40)47-39/h6-10,12-15,17-18,20-21,23-25,40H,5,11,16,19,22,26-28H2,1-4H3. The normalized spacial score (nSPS) is 16.3. The summed E-state index contributed by atoms with van der Waals surface area (Å²) in [6.07, 6.45) is 4.60. The first-order valence-electron chi connectivity index (χ1n) is 18.9. The van der Waals surface area contributed by atoms with Crippen LogP contribution in [0.4, 0.5) is 8.78 Å². The summed E-state index contributed by atoms with van der Waals surface area (Å²) < 4.78 is 80.2. The molecule has 0 fully saturated rings. The van der Waals surface area contributed by atoms with Crippen LogP contribution in [-0.2, 0) is 36.5 Å². The van der Waals surface area contributed by atoms with Crippen LogP contribution in [0.2, 0.25) is 0 Å². The van der Waals surface area contributed by atoms with Gasteiger partial charge in [-0.2, -0.15) is 16.9 Å². The Morgan fingerprint density at radius 3 is 2.60 bits per heavy atom. The number of esters is 1. The number of hydrogen-bond acceptors (Lipinski definition) is 8. The Bertz CT molecular complexity index is 2510. The first kappa shape index (κ1) is 40.2. The second kappa shape index (κ2) is 16.9. The monoisotopic (exact) mass is 813 g/mol. The summed E-state index contributed by atoms with van der Waals surface area (Å²) in [4.78, 5) is 12.2. The van der Waals surface area contributed by atoms with Crippen LogP contribution in [0.1, 0.15) is 61.9 Å². The van der Waals surface area contributed by atoms with Crippen LogP contribution in [0, 0.1) is 24.0 Å². The molecule has 1 unspecified atom stereocenters. The van der Waals surface area contributed by atoms with Crippen LogP contribution < -0.4 is 4.74 Å². The summed E-state index contributed by atoms with van der Waals surface area (Å²) in [5.74, 6) is -0.469. The zero-order valence-corrected chi connectivity index (χ0v) is 34.0. The fourth-order valence-electron chi connectivity index (χ4n) is 7.00. The quantitative estimate of drug-likeness (QED) is 0.147. The van der Waals surface area contributed by atoms with Crippen molar-refractivity contribution in [2.24, 2.45) is 5.41 Å². The smallest absolute Gasteiger partial charge is 0.306 e. The Hall–Kier alpha value is -4.98. The van der Waals surface area contributed by atoms with Crippen molar-refractivity contribution in [3.8, 4) is 22.8 Å². The van der Waals surface area contributed by atoms with Gasteiger partial charge in [-0.05, 0) is 85.7 Å². The van der Waals surface area contributed by atoms with Crippen molar-refractivity contribution in [2.45, 2.75) is 63.6 Å². The maximum Gasteiger partial charge on any atom is 0.306 e. The number of carbonyl (C=O) groups is 1. The average Bonchev–Trinajstić information content (AvgIpc) is 3.84. The van der Waals surface area contributed by atoms with Crippen molar-refractivity contribution in [1.82, 2.24) is 13.8 Å². The highest BCUT2D eigenvalue weighted by Gasteiger charge is 2.27. The third-order valence-corrected chi connectivity index (χ3v) is 13.1. The van der Waals surface area contributed by atoms with Crippen LogP contribution in [-0.4, -0.2) is 53.7 Å². The number of benzene rings is 4. The molecular formula is C44H45F2N3O6S2. The van der Waals surface area contributed by atoms with Gasteiger partial charge >= 0.3 is 5.97 Å². The summed E-state index contributed by atoms with van der Waals surface area (Å²) in [5.41, 5.74) is 3.77. The molecular weight excluding hydrogens is 769 g/mol. The van der Waals surface area contributed by atoms with Crippen molar-refractivity contribution in [3.05, 3.63) is 131 Å². The van der Waals surface area contributed by atoms with Crippen LogP contribution in [0.25, 0.3) is 22.2 Å². The summed E-state index contributed by atoms with van der Waals surface area (Å²) >= 11 is 1.57. The molecule has 1 atom stereocenters. The van der Waals surface area contributed by atoms with Crippen LogP contribution in [0.3, 0.4) is 0 Å². The molecule has 0 saturated heterocycles. The van der Waals surface area contributed by atoms with E-state index in [-0.39, 0.29) is 51.3 Å². The molecule has 9 nitrogen and oxygen atoms in total. The molecule has 0 radical (unpaired) electrons. The van der Waals surface area contributed by atoms with E-state index in [4.69, 9.17) is 19.3 Å². The molecule has 6 aromatic rings. The van der Waals surface area contributed by atoms with E-state index < -0.39 is 21.7 Å². The summed E-state index contributed by atoms with van der Waals surface area (Å²) in [6.45, 7) is 9.05. The summed E-state index contributed by atoms with van der Waals surface area (Å²) in [5, 5.41) is 5.36. The maximum atomic E-state index is 16.4. The van der Waals surface area contributed by atoms with Gasteiger partial charge in [0.2, 0.25) is 0 Å². The van der Waals surface area contributed by atoms with Crippen molar-refractivity contribution in [1.29, 1.82) is 0 Å². The number of thioether (sulfide) groups is 1. The Kier molecular flexibility index (Phi) is 11.9. The van der Waals surface area contributed by atoms with E-state index in [2.05, 4.69) is 19.9 Å². The SMILES string of the molecule is CCOC(=O)CCc1cccc(C2CCOCC(C)(C)CSCc3c(c(F)cc4c3ccn4S(=O)(=O)c3ccc(C)cc3)Oc3ccc(F)c(c3)-c3ccn2n3)c1. The van der Waals surface area contributed by atoms with E-state index in [1.54, 1.807) is 53.8 Å². The lowest BCUT2D eigenvalue weighted by Gasteiger charge is -2.25. The molecule has 57 heavy (non-hydrogen) atoms. The molecule has 13 heteroatoms. The van der Waals surface area contributed by atoms with E-state index in [1.165, 1.54) is 42.6 Å². The largest absolute Gasteiger partial charge is 0.466 e. The lowest BCUT2D eigenvalue weighted by molar-refractivity contribution is -0.143. The first-order valence-corrected chi connectivity index (χ1v) is 21.5. The molecule has 0 aliphatic carbocycles. The maximum absolute atomic E-state index is 16.4. The third kappa shape index (κ3) is 8.95. The van der Waals surface area contributed by atoms with Gasteiger partial charge in [-0.15, -0.1) is 0 Å². The molecule has 0 N–H and O–H groups in total. The van der Waals surface area contributed by atoms with E-state index in [9.17, 15) is 13.2 Å². The van der Waals surface area contributed by atoms with Crippen LogP contribution in [0.5, 0.6) is 11.5 Å². The Balaban J connectivity index is 1.27. The second-order valence-electron chi connectivity index (χ2n) is 15.0. The van der Waals surface area contributed by atoms with Crippen molar-refractivity contribution in [2.75, 3.05) is 25.6 Å². The molecule has 0 saturated carbocycles. The predicted molar refractivity (Wildman–Crippen MR) is 218 cm³/mol. The summed E-state index contributed by atoms with van der Waals surface area (Å²) in [6, 6.07) is 23.0. The highest BCUT2D eigenvalue weighted by atomic mass is 32.2. The highest BCUT2D eigenvalue weighted by molar-refractivity contribution is 7.98. The minimum atomic E-state index is -4.05. The lowest BCUT2D eigenvalue weighted by Crippen LogP contribution is -2.23. The third-order valence-electron chi connectivity index (χ3n) is 9.94. The van der Waals surface area contributed by atoms with Gasteiger partial charge in [0.1, 0.15) is 11.6 Å². The number of aryl methyl sites for hydroxylation is 2. The highest BCUT2D eigenvalue weighted by Crippen LogP contribution is 2.40. The number of hydrogen-bond donors (Lipinski definition) is 0. The van der Waals surface area contributed by atoms with Gasteiger partial charge in [0, 0.05) is 59.5 Å². The van der Waals surface area contributed by atoms with Gasteiger partial charge in [-0.25, -0.2) is 21.2 Å². The predicted octanol–water partition coefficient (Wildman–Crippen LogP) is 9.89. The van der Waals surface area contributed by atoms with Gasteiger partial charge in [0.05, 0.1) is 35.4 Å². The molecule has 7 rings (SSSR count). The molecule has 298 valence electrons. The van der Waals surface area contributed by atoms with Gasteiger partial charge in [0.25, 0.3) is 10.0 Å². The average molecular weight is 814 g/mol. The van der Waals surface area contributed by atoms with E-state index in [0.29, 0.717) is 60.8 Å². The fourth-order valence-corrected chi connectivity index (χ4v) is 9.57. The minimum absolute atomic E-state index is 0.0679. The molecule has 0 spiro atoms. The molecule has 1 aliphatic heterocycles. The molecule has 4 bridgehead atoms. The zero-order valence-electron chi connectivity index (χ0n) is 32.3. The lowest BCUT2D eigenvalue weighted by atomic mass is 9.98. The van der Waals surface area contributed by atoms with Gasteiger partial charge in [-0.1, -0.05) is 55.8 Å². The van der Waals surface area contributed by atoms with Crippen LogP contribution >= 0.6 is 11.8 Å². The summed E-state index contributed by atoms with van der Waals surface area (Å²) in [7, 11) is -4.05. The van der Waals surface area contributed by atoms with Gasteiger partial charge in [0.15, 0.2) is 11.6 Å². The number of rotatable bonds is 7. The number of halogens is 2. The van der Waals surface area contributed by atoms with E-state index in [1.807, 2.05) is 25.1 Å². The van der Waals surface area contributed by atoms with Crippen LogP contribution in [0.15, 0.2) is 102 Å². The molecule has 2 aromatic heterocycles. The Morgan fingerprint density at radius 2 is 1.81 bits per heavy atom. The van der Waals surface area contributed by atoms with Crippen molar-refractivity contribution in [3.63, 3.8) is 0 Å². The second-order valence-corrected chi connectivity index (χ2v) is 17.8. The molecule has 4 aromatic carbocycles. The van der Waals surface area contributed by atoms with Gasteiger partial charge in [-0.3, -0.25) is 9.48 Å². The first-order chi connectivity index (χ1) is 27.3. The molecule has 1 aliphatic rings. The number of carbonyl (C=O) groups excluding carboxylic acids is 1.